The Bertz CT molecular complexity index is 622. The molecular formula is C18H27N3OS. The predicted octanol–water partition coefficient (Wildman–Crippen LogP) is 3.64. The maximum atomic E-state index is 12.5. The van der Waals surface area contributed by atoms with Gasteiger partial charge in [0, 0.05) is 24.5 Å². The number of hydrogen-bond acceptors (Lipinski definition) is 3. The fraction of sp³-hybridized carbons (Fsp3) is 0.778. The van der Waals surface area contributed by atoms with Crippen molar-refractivity contribution in [1.29, 1.82) is 0 Å². The summed E-state index contributed by atoms with van der Waals surface area (Å²) in [6.45, 7) is 7.15. The third kappa shape index (κ3) is 2.43. The average Bonchev–Trinajstić information content (AvgIpc) is 3.16. The van der Waals surface area contributed by atoms with E-state index in [1.807, 2.05) is 12.4 Å². The lowest BCUT2D eigenvalue weighted by molar-refractivity contribution is -0.120. The molecule has 0 aromatic carbocycles. The van der Waals surface area contributed by atoms with E-state index in [4.69, 9.17) is 0 Å². The van der Waals surface area contributed by atoms with Gasteiger partial charge in [0.2, 0.25) is 5.91 Å². The molecule has 1 amide bonds. The number of carbonyl (C=O) groups excluding carboxylic acids is 1. The molecule has 126 valence electrons. The van der Waals surface area contributed by atoms with E-state index < -0.39 is 0 Å². The van der Waals surface area contributed by atoms with Gasteiger partial charge in [0.1, 0.15) is 0 Å². The molecular weight excluding hydrogens is 306 g/mol. The molecule has 2 bridgehead atoms. The third-order valence-electron chi connectivity index (χ3n) is 7.04. The van der Waals surface area contributed by atoms with Crippen LogP contribution in [0.25, 0.3) is 0 Å². The van der Waals surface area contributed by atoms with Gasteiger partial charge in [0.25, 0.3) is 0 Å². The van der Waals surface area contributed by atoms with E-state index in [9.17, 15) is 4.79 Å². The zero-order chi connectivity index (χ0) is 16.2. The van der Waals surface area contributed by atoms with Gasteiger partial charge in [-0.1, -0.05) is 32.5 Å². The summed E-state index contributed by atoms with van der Waals surface area (Å²) < 4.78 is 2.22. The van der Waals surface area contributed by atoms with E-state index in [-0.39, 0.29) is 11.3 Å². The first-order valence-electron chi connectivity index (χ1n) is 8.87. The minimum atomic E-state index is 0.162. The van der Waals surface area contributed by atoms with Crippen LogP contribution in [0.2, 0.25) is 0 Å². The van der Waals surface area contributed by atoms with Gasteiger partial charge >= 0.3 is 0 Å². The van der Waals surface area contributed by atoms with Gasteiger partial charge in [0.05, 0.1) is 5.75 Å². The molecule has 3 aliphatic carbocycles. The summed E-state index contributed by atoms with van der Waals surface area (Å²) >= 11 is 1.57. The van der Waals surface area contributed by atoms with Crippen LogP contribution in [0.1, 0.15) is 58.9 Å². The standard InChI is InChI=1S/C18H27N3OS/c1-17(2)12-6-7-18(17,3)14(10-12)20-15(22)11-23-16-19-8-9-21(16)13-4-5-13/h8-9,12-14H,4-7,10-11H2,1-3H3,(H,20,22)/t12-,14+,18-/m0/s1. The largest absolute Gasteiger partial charge is 0.352 e. The molecule has 0 saturated heterocycles. The number of thioether (sulfide) groups is 1. The molecule has 5 heteroatoms. The lowest BCUT2D eigenvalue weighted by atomic mass is 9.69. The van der Waals surface area contributed by atoms with Gasteiger partial charge in [-0.3, -0.25) is 4.79 Å². The second-order valence-electron chi connectivity index (χ2n) is 8.37. The lowest BCUT2D eigenvalue weighted by Gasteiger charge is -2.39. The van der Waals surface area contributed by atoms with Crippen LogP contribution in [-0.4, -0.2) is 27.3 Å². The average molecular weight is 334 g/mol. The Kier molecular flexibility index (Phi) is 3.56. The van der Waals surface area contributed by atoms with Crippen molar-refractivity contribution in [3.8, 4) is 0 Å². The number of fused-ring (bicyclic) bond motifs is 2. The van der Waals surface area contributed by atoms with E-state index in [1.54, 1.807) is 11.8 Å². The van der Waals surface area contributed by atoms with Gasteiger partial charge < -0.3 is 9.88 Å². The number of nitrogens with zero attached hydrogens (tertiary/aromatic N) is 2. The quantitative estimate of drug-likeness (QED) is 0.837. The van der Waals surface area contributed by atoms with Crippen molar-refractivity contribution in [3.05, 3.63) is 12.4 Å². The number of rotatable bonds is 5. The van der Waals surface area contributed by atoms with Crippen molar-refractivity contribution in [2.24, 2.45) is 16.7 Å². The van der Waals surface area contributed by atoms with Crippen molar-refractivity contribution >= 4 is 17.7 Å². The van der Waals surface area contributed by atoms with Gasteiger partial charge in [-0.15, -0.1) is 0 Å². The molecule has 4 rings (SSSR count). The molecule has 0 unspecified atom stereocenters. The molecule has 3 aliphatic rings. The highest BCUT2D eigenvalue weighted by molar-refractivity contribution is 7.99. The number of hydrogen-bond donors (Lipinski definition) is 1. The summed E-state index contributed by atoms with van der Waals surface area (Å²) in [5.74, 6) is 1.40. The molecule has 1 N–H and O–H groups in total. The monoisotopic (exact) mass is 333 g/mol. The Hall–Kier alpha value is -0.970. The van der Waals surface area contributed by atoms with Crippen molar-refractivity contribution < 1.29 is 4.79 Å². The second-order valence-corrected chi connectivity index (χ2v) is 9.31. The number of amides is 1. The van der Waals surface area contributed by atoms with Crippen LogP contribution in [0.4, 0.5) is 0 Å². The Morgan fingerprint density at radius 2 is 2.17 bits per heavy atom. The van der Waals surface area contributed by atoms with Crippen molar-refractivity contribution in [1.82, 2.24) is 14.9 Å². The molecule has 3 saturated carbocycles. The molecule has 4 nitrogen and oxygen atoms in total. The number of aromatic nitrogens is 2. The summed E-state index contributed by atoms with van der Waals surface area (Å²) in [7, 11) is 0. The zero-order valence-electron chi connectivity index (χ0n) is 14.3. The van der Waals surface area contributed by atoms with Gasteiger partial charge in [-0.2, -0.15) is 0 Å². The van der Waals surface area contributed by atoms with Crippen molar-refractivity contribution in [2.75, 3.05) is 5.75 Å². The van der Waals surface area contributed by atoms with Crippen molar-refractivity contribution in [2.45, 2.75) is 70.1 Å². The minimum absolute atomic E-state index is 0.162. The van der Waals surface area contributed by atoms with Crippen LogP contribution in [0, 0.1) is 16.7 Å². The Morgan fingerprint density at radius 3 is 2.78 bits per heavy atom. The second kappa shape index (κ2) is 5.27. The lowest BCUT2D eigenvalue weighted by Crippen LogP contribution is -2.47. The molecule has 1 aromatic rings. The van der Waals surface area contributed by atoms with Crippen LogP contribution in [0.5, 0.6) is 0 Å². The fourth-order valence-electron chi connectivity index (χ4n) is 4.83. The zero-order valence-corrected chi connectivity index (χ0v) is 15.2. The van der Waals surface area contributed by atoms with Crippen molar-refractivity contribution in [3.63, 3.8) is 0 Å². The first-order chi connectivity index (χ1) is 10.9. The van der Waals surface area contributed by atoms with Gasteiger partial charge in [0.15, 0.2) is 5.16 Å². The Morgan fingerprint density at radius 1 is 1.39 bits per heavy atom. The molecule has 1 aromatic heterocycles. The summed E-state index contributed by atoms with van der Waals surface area (Å²) in [6, 6.07) is 0.959. The normalized spacial score (nSPS) is 34.7. The molecule has 0 spiro atoms. The van der Waals surface area contributed by atoms with E-state index in [0.717, 1.165) is 17.5 Å². The van der Waals surface area contributed by atoms with E-state index >= 15 is 0 Å². The highest BCUT2D eigenvalue weighted by Gasteiger charge is 2.61. The molecule has 0 aliphatic heterocycles. The Balaban J connectivity index is 1.35. The van der Waals surface area contributed by atoms with Crippen LogP contribution in [-0.2, 0) is 4.79 Å². The molecule has 0 radical (unpaired) electrons. The first-order valence-corrected chi connectivity index (χ1v) is 9.85. The molecule has 3 atom stereocenters. The number of nitrogens with one attached hydrogen (secondary N) is 1. The van der Waals surface area contributed by atoms with Crippen LogP contribution in [0.3, 0.4) is 0 Å². The SMILES string of the molecule is CC1(C)[C@H]2CC[C@@]1(C)[C@H](NC(=O)CSc1nccn1C1CC1)C2. The minimum Gasteiger partial charge on any atom is -0.352 e. The predicted molar refractivity (Wildman–Crippen MR) is 92.4 cm³/mol. The molecule has 23 heavy (non-hydrogen) atoms. The maximum Gasteiger partial charge on any atom is 0.230 e. The van der Waals surface area contributed by atoms with E-state index in [0.29, 0.717) is 23.3 Å². The van der Waals surface area contributed by atoms with Crippen LogP contribution < -0.4 is 5.32 Å². The molecule has 3 fully saturated rings. The van der Waals surface area contributed by atoms with Gasteiger partial charge in [-0.25, -0.2) is 4.98 Å². The Labute approximate surface area is 142 Å². The summed E-state index contributed by atoms with van der Waals surface area (Å²) in [6.07, 6.45) is 10.1. The number of carbonyl (C=O) groups is 1. The summed E-state index contributed by atoms with van der Waals surface area (Å²) in [5.41, 5.74) is 0.602. The molecule has 1 heterocycles. The fourth-order valence-corrected chi connectivity index (χ4v) is 5.67. The highest BCUT2D eigenvalue weighted by atomic mass is 32.2. The smallest absolute Gasteiger partial charge is 0.230 e. The van der Waals surface area contributed by atoms with Gasteiger partial charge in [-0.05, 0) is 48.9 Å². The maximum absolute atomic E-state index is 12.5. The first kappa shape index (κ1) is 15.6. The third-order valence-corrected chi connectivity index (χ3v) is 8.02. The van der Waals surface area contributed by atoms with Crippen LogP contribution in [0.15, 0.2) is 17.6 Å². The summed E-state index contributed by atoms with van der Waals surface area (Å²) in [4.78, 5) is 16.9. The van der Waals surface area contributed by atoms with E-state index in [1.165, 1.54) is 25.7 Å². The van der Waals surface area contributed by atoms with E-state index in [2.05, 4.69) is 35.6 Å². The van der Waals surface area contributed by atoms with Crippen LogP contribution >= 0.6 is 11.8 Å². The topological polar surface area (TPSA) is 46.9 Å². The summed E-state index contributed by atoms with van der Waals surface area (Å²) in [5, 5.41) is 4.32. The number of imidazole rings is 1. The highest BCUT2D eigenvalue weighted by Crippen LogP contribution is 2.65.